The first-order chi connectivity index (χ1) is 41.0. The number of hydrogen-bond donors (Lipinski definition) is 8. The molecule has 23 heteroatoms. The lowest BCUT2D eigenvalue weighted by atomic mass is 9.76. The highest BCUT2D eigenvalue weighted by Gasteiger charge is 2.43. The normalized spacial score (nSPS) is 21.2. The van der Waals surface area contributed by atoms with Gasteiger partial charge >= 0.3 is 0 Å². The SMILES string of the molecule is CC[C@H](C)[C@@H]1NC(=O)[C@H](CCCN=C(N)NS(=O)(=O)c2c(C)c(C)c3c(c2C)CC(C)(C)O3)NC(=O)CNC(=O)[C@H](Cc2cn(C(c3ccccc3)(c3ccccc3)c3ccccc3Cl)cn2)NC(=O)[C@@H]2CCCN2C(=O)[C@H](CCCCN)NC1=O. The molecule has 2 saturated heterocycles. The topological polar surface area (TPSA) is 303 Å². The number of nitrogens with zero attached hydrogens (tertiary/aromatic N) is 4. The number of nitrogens with two attached hydrogens (primary N) is 2. The van der Waals surface area contributed by atoms with Gasteiger partial charge in [-0.3, -0.25) is 33.8 Å². The number of aliphatic imine (C=N–C) groups is 1. The van der Waals surface area contributed by atoms with Gasteiger partial charge in [-0.05, 0) is 126 Å². The van der Waals surface area contributed by atoms with Crippen LogP contribution in [0.25, 0.3) is 0 Å². The molecule has 5 aromatic rings. The number of rotatable bonds is 18. The zero-order valence-corrected chi connectivity index (χ0v) is 51.6. The molecule has 10 N–H and O–H groups in total. The Bertz CT molecular complexity index is 3410. The first kappa shape index (κ1) is 64.2. The molecule has 0 saturated carbocycles. The highest BCUT2D eigenvalue weighted by molar-refractivity contribution is 7.90. The Morgan fingerprint density at radius 2 is 1.48 bits per heavy atom. The average molecular weight is 1220 g/mol. The maximum atomic E-state index is 14.8. The second-order valence-electron chi connectivity index (χ2n) is 23.3. The Morgan fingerprint density at radius 3 is 2.14 bits per heavy atom. The number of sulfonamides is 1. The zero-order valence-electron chi connectivity index (χ0n) is 50.0. The lowest BCUT2D eigenvalue weighted by Gasteiger charge is -2.38. The third kappa shape index (κ3) is 14.2. The number of aromatic nitrogens is 2. The number of guanidine groups is 1. The molecule has 4 heterocycles. The summed E-state index contributed by atoms with van der Waals surface area (Å²) in [6.45, 7) is 12.5. The van der Waals surface area contributed by atoms with Crippen LogP contribution in [0.5, 0.6) is 5.75 Å². The minimum Gasteiger partial charge on any atom is -0.487 e. The van der Waals surface area contributed by atoms with Crippen molar-refractivity contribution in [2.75, 3.05) is 26.2 Å². The van der Waals surface area contributed by atoms with Crippen molar-refractivity contribution < 1.29 is 41.9 Å². The standard InChI is InChI=1S/C63H81ClN12O9S/c1-8-38(2)53-59(81)71-49(27-17-18-30-65)60(82)76-32-20-29-51(76)58(80)72-50(33-44-36-75(37-69-44)63(42-21-11-9-12-22-42,43-23-13-10-14-24-43)46-25-15-16-26-47(46)64)56(78)68-35-52(77)70-48(57(79)73-53)28-19-31-67-61(66)74-86(83,84)55-40(4)39(3)54-45(41(55)5)34-62(6,7)85-54/h9-16,21-26,36-38,48-51,53H,8,17-20,27-35,65H2,1-7H3,(H,68,78)(H,70,77)(H,71,81)(H,72,80)(H,73,79)(H3,66,67,74)/t38-,48-,49-,50-,51-,53-/m0/s1. The number of halogens is 1. The van der Waals surface area contributed by atoms with Crippen LogP contribution in [0.4, 0.5) is 0 Å². The molecule has 6 atom stereocenters. The minimum absolute atomic E-state index is 0.0751. The maximum absolute atomic E-state index is 14.8. The fourth-order valence-corrected chi connectivity index (χ4v) is 13.8. The van der Waals surface area contributed by atoms with Crippen LogP contribution in [0.3, 0.4) is 0 Å². The van der Waals surface area contributed by atoms with Crippen LogP contribution in [0.1, 0.15) is 124 Å². The number of fused-ring (bicyclic) bond motifs is 2. The second-order valence-corrected chi connectivity index (χ2v) is 25.3. The lowest BCUT2D eigenvalue weighted by Crippen LogP contribution is -2.61. The highest BCUT2D eigenvalue weighted by atomic mass is 35.5. The smallest absolute Gasteiger partial charge is 0.264 e. The maximum Gasteiger partial charge on any atom is 0.264 e. The van der Waals surface area contributed by atoms with E-state index in [2.05, 4.69) is 36.3 Å². The van der Waals surface area contributed by atoms with E-state index in [1.165, 1.54) is 4.90 Å². The first-order valence-electron chi connectivity index (χ1n) is 29.5. The summed E-state index contributed by atoms with van der Waals surface area (Å²) in [5.41, 5.74) is 15.9. The summed E-state index contributed by atoms with van der Waals surface area (Å²) in [5, 5.41) is 14.5. The summed E-state index contributed by atoms with van der Waals surface area (Å²) in [7, 11) is -4.24. The Hall–Kier alpha value is -7.82. The molecule has 86 heavy (non-hydrogen) atoms. The van der Waals surface area contributed by atoms with E-state index in [1.807, 2.05) is 117 Å². The van der Waals surface area contributed by atoms with Crippen molar-refractivity contribution >= 4 is 63.0 Å². The Labute approximate surface area is 508 Å². The van der Waals surface area contributed by atoms with Gasteiger partial charge in [-0.25, -0.2) is 18.1 Å². The monoisotopic (exact) mass is 1220 g/mol. The van der Waals surface area contributed by atoms with Crippen LogP contribution in [0.2, 0.25) is 5.02 Å². The zero-order chi connectivity index (χ0) is 62.1. The van der Waals surface area contributed by atoms with Crippen LogP contribution >= 0.6 is 11.6 Å². The van der Waals surface area contributed by atoms with Crippen molar-refractivity contribution in [2.24, 2.45) is 22.4 Å². The Kier molecular flexibility index (Phi) is 20.7. The summed E-state index contributed by atoms with van der Waals surface area (Å²) in [6.07, 6.45) is 6.13. The molecular formula is C63H81ClN12O9S. The minimum atomic E-state index is -4.24. The molecule has 8 rings (SSSR count). The number of nitrogens with one attached hydrogen (secondary N) is 6. The molecule has 460 valence electrons. The van der Waals surface area contributed by atoms with Crippen molar-refractivity contribution in [3.05, 3.63) is 147 Å². The van der Waals surface area contributed by atoms with E-state index in [9.17, 15) is 37.2 Å². The molecule has 21 nitrogen and oxygen atoms in total. The molecule has 6 amide bonds. The molecule has 0 aliphatic carbocycles. The van der Waals surface area contributed by atoms with Gasteiger partial charge in [0.05, 0.1) is 23.5 Å². The molecule has 3 aliphatic rings. The van der Waals surface area contributed by atoms with Gasteiger partial charge in [0, 0.05) is 48.3 Å². The number of benzene rings is 4. The van der Waals surface area contributed by atoms with Gasteiger partial charge < -0.3 is 52.3 Å². The van der Waals surface area contributed by atoms with Crippen LogP contribution < -0.4 is 47.5 Å². The van der Waals surface area contributed by atoms with Crippen LogP contribution in [-0.2, 0) is 57.2 Å². The van der Waals surface area contributed by atoms with E-state index in [1.54, 1.807) is 33.3 Å². The molecule has 0 unspecified atom stereocenters. The fraction of sp³-hybridized carbons (Fsp3) is 0.460. The van der Waals surface area contributed by atoms with E-state index >= 15 is 0 Å². The molecule has 4 aromatic carbocycles. The number of imidazole rings is 1. The van der Waals surface area contributed by atoms with Crippen molar-refractivity contribution in [1.29, 1.82) is 0 Å². The van der Waals surface area contributed by atoms with Gasteiger partial charge in [0.1, 0.15) is 47.1 Å². The summed E-state index contributed by atoms with van der Waals surface area (Å²) in [6, 6.07) is 21.1. The Morgan fingerprint density at radius 1 is 0.826 bits per heavy atom. The third-order valence-electron chi connectivity index (χ3n) is 16.7. The molecule has 3 aliphatic heterocycles. The van der Waals surface area contributed by atoms with Crippen molar-refractivity contribution in [2.45, 2.75) is 159 Å². The largest absolute Gasteiger partial charge is 0.487 e. The van der Waals surface area contributed by atoms with E-state index in [4.69, 9.17) is 32.8 Å². The lowest BCUT2D eigenvalue weighted by molar-refractivity contribution is -0.143. The van der Waals surface area contributed by atoms with Gasteiger partial charge in [0.2, 0.25) is 41.4 Å². The number of ether oxygens (including phenoxy) is 1. The van der Waals surface area contributed by atoms with Crippen LogP contribution in [-0.4, -0.2) is 126 Å². The molecule has 2 fully saturated rings. The number of carbonyl (C=O) groups is 6. The van der Waals surface area contributed by atoms with Gasteiger partial charge in [0.15, 0.2) is 0 Å². The summed E-state index contributed by atoms with van der Waals surface area (Å²) in [5.74, 6) is -4.21. The van der Waals surface area contributed by atoms with Crippen molar-refractivity contribution in [1.82, 2.24) is 45.8 Å². The Balaban J connectivity index is 1.09. The van der Waals surface area contributed by atoms with Gasteiger partial charge in [-0.2, -0.15) is 0 Å². The van der Waals surface area contributed by atoms with Crippen molar-refractivity contribution in [3.63, 3.8) is 0 Å². The van der Waals surface area contributed by atoms with Gasteiger partial charge in [-0.15, -0.1) is 0 Å². The fourth-order valence-electron chi connectivity index (χ4n) is 12.0. The van der Waals surface area contributed by atoms with Crippen LogP contribution in [0, 0.1) is 26.7 Å². The quantitative estimate of drug-likeness (QED) is 0.0252. The first-order valence-corrected chi connectivity index (χ1v) is 31.4. The van der Waals surface area contributed by atoms with Gasteiger partial charge in [-0.1, -0.05) is 111 Å². The summed E-state index contributed by atoms with van der Waals surface area (Å²) >= 11 is 7.09. The summed E-state index contributed by atoms with van der Waals surface area (Å²) in [4.78, 5) is 97.8. The molecule has 0 radical (unpaired) electrons. The second kappa shape index (κ2) is 27.7. The van der Waals surface area contributed by atoms with Gasteiger partial charge in [0.25, 0.3) is 10.0 Å². The van der Waals surface area contributed by atoms with Crippen LogP contribution in [0.15, 0.2) is 107 Å². The third-order valence-corrected chi connectivity index (χ3v) is 18.7. The average Bonchev–Trinajstić information content (AvgIpc) is 1.29. The number of unbranched alkanes of at least 4 members (excludes halogenated alkanes) is 1. The molecule has 0 bridgehead atoms. The number of amides is 6. The molecule has 0 spiro atoms. The molecule has 1 aromatic heterocycles. The van der Waals surface area contributed by atoms with E-state index < -0.39 is 105 Å². The highest BCUT2D eigenvalue weighted by Crippen LogP contribution is 2.45. The van der Waals surface area contributed by atoms with E-state index in [0.717, 1.165) is 22.3 Å². The predicted molar refractivity (Wildman–Crippen MR) is 328 cm³/mol. The number of carbonyl (C=O) groups excluding carboxylic acids is 6. The molecular weight excluding hydrogens is 1140 g/mol. The summed E-state index contributed by atoms with van der Waals surface area (Å²) < 4.78 is 38.4. The van der Waals surface area contributed by atoms with E-state index in [-0.39, 0.29) is 50.1 Å². The van der Waals surface area contributed by atoms with Crippen molar-refractivity contribution in [3.8, 4) is 5.75 Å². The van der Waals surface area contributed by atoms with E-state index in [0.29, 0.717) is 71.8 Å². The number of hydrogen-bond acceptors (Lipinski definition) is 12. The predicted octanol–water partition coefficient (Wildman–Crippen LogP) is 4.87.